The average Bonchev–Trinajstić information content (AvgIpc) is 2.20. The van der Waals surface area contributed by atoms with E-state index in [-0.39, 0.29) is 10.7 Å². The van der Waals surface area contributed by atoms with Gasteiger partial charge in [0, 0.05) is 0 Å². The van der Waals surface area contributed by atoms with E-state index in [0.29, 0.717) is 24.3 Å². The first kappa shape index (κ1) is 11.1. The molecule has 2 radical (unpaired) electrons. The maximum Gasteiger partial charge on any atom is 0.0754 e. The van der Waals surface area contributed by atoms with Gasteiger partial charge in [0.1, 0.15) is 0 Å². The molecule has 1 rings (SSSR count). The SMILES string of the molecule is [B]C1(C)C(C)C(C)C(C)C1(C)CN. The summed E-state index contributed by atoms with van der Waals surface area (Å²) in [6, 6.07) is 0. The average molecular weight is 179 g/mol. The molecule has 74 valence electrons. The van der Waals surface area contributed by atoms with E-state index in [9.17, 15) is 0 Å². The molecule has 0 aromatic carbocycles. The molecule has 0 amide bonds. The molecular formula is C11H22BN. The van der Waals surface area contributed by atoms with Crippen molar-refractivity contribution < 1.29 is 0 Å². The molecule has 1 fully saturated rings. The van der Waals surface area contributed by atoms with Crippen LogP contribution < -0.4 is 5.73 Å². The summed E-state index contributed by atoms with van der Waals surface area (Å²) in [7, 11) is 6.41. The van der Waals surface area contributed by atoms with Gasteiger partial charge in [-0.25, -0.2) is 0 Å². The van der Waals surface area contributed by atoms with Crippen LogP contribution in [0.25, 0.3) is 0 Å². The second-order valence-corrected chi connectivity index (χ2v) is 5.34. The minimum absolute atomic E-state index is 0.0891. The highest BCUT2D eigenvalue weighted by Gasteiger charge is 2.55. The van der Waals surface area contributed by atoms with Gasteiger partial charge in [-0.2, -0.15) is 0 Å². The van der Waals surface area contributed by atoms with Gasteiger partial charge in [0.2, 0.25) is 0 Å². The first-order valence-electron chi connectivity index (χ1n) is 5.28. The maximum absolute atomic E-state index is 6.41. The molecule has 0 aliphatic heterocycles. The van der Waals surface area contributed by atoms with Crippen molar-refractivity contribution in [3.8, 4) is 0 Å². The van der Waals surface area contributed by atoms with Crippen LogP contribution in [0.4, 0.5) is 0 Å². The van der Waals surface area contributed by atoms with Crippen molar-refractivity contribution in [2.75, 3.05) is 6.54 Å². The summed E-state index contributed by atoms with van der Waals surface area (Å²) in [5.74, 6) is 1.84. The van der Waals surface area contributed by atoms with Crippen molar-refractivity contribution >= 4 is 7.85 Å². The molecule has 1 nitrogen and oxygen atoms in total. The first-order chi connectivity index (χ1) is 5.79. The molecule has 13 heavy (non-hydrogen) atoms. The van der Waals surface area contributed by atoms with Gasteiger partial charge in [-0.15, -0.1) is 0 Å². The quantitative estimate of drug-likeness (QED) is 0.613. The molecule has 0 saturated heterocycles. The molecule has 0 bridgehead atoms. The van der Waals surface area contributed by atoms with Crippen molar-refractivity contribution in [1.82, 2.24) is 0 Å². The zero-order valence-electron chi connectivity index (χ0n) is 9.59. The molecule has 1 aliphatic rings. The number of hydrogen-bond donors (Lipinski definition) is 1. The van der Waals surface area contributed by atoms with Crippen molar-refractivity contribution in [2.24, 2.45) is 28.9 Å². The smallest absolute Gasteiger partial charge is 0.0754 e. The lowest BCUT2D eigenvalue weighted by molar-refractivity contribution is 0.188. The Morgan fingerprint density at radius 3 is 1.77 bits per heavy atom. The lowest BCUT2D eigenvalue weighted by Crippen LogP contribution is -2.40. The highest BCUT2D eigenvalue weighted by Crippen LogP contribution is 2.63. The Bertz CT molecular complexity index is 202. The van der Waals surface area contributed by atoms with Crippen LogP contribution >= 0.6 is 0 Å². The summed E-state index contributed by atoms with van der Waals surface area (Å²) in [4.78, 5) is 0. The summed E-state index contributed by atoms with van der Waals surface area (Å²) in [6.45, 7) is 11.9. The Morgan fingerprint density at radius 1 is 1.15 bits per heavy atom. The lowest BCUT2D eigenvalue weighted by atomic mass is 9.51. The van der Waals surface area contributed by atoms with Gasteiger partial charge in [-0.1, -0.05) is 39.9 Å². The van der Waals surface area contributed by atoms with Crippen molar-refractivity contribution in [1.29, 1.82) is 0 Å². The van der Waals surface area contributed by atoms with Gasteiger partial charge in [-0.05, 0) is 29.7 Å². The van der Waals surface area contributed by atoms with Gasteiger partial charge in [0.15, 0.2) is 0 Å². The summed E-state index contributed by atoms with van der Waals surface area (Å²) in [5, 5.41) is -0.124. The van der Waals surface area contributed by atoms with Gasteiger partial charge < -0.3 is 5.73 Å². The summed E-state index contributed by atoms with van der Waals surface area (Å²) in [5.41, 5.74) is 5.97. The molecule has 0 heterocycles. The highest BCUT2D eigenvalue weighted by molar-refractivity contribution is 6.16. The molecule has 0 spiro atoms. The zero-order valence-corrected chi connectivity index (χ0v) is 9.59. The Balaban J connectivity index is 3.09. The van der Waals surface area contributed by atoms with Crippen LogP contribution in [0.3, 0.4) is 0 Å². The van der Waals surface area contributed by atoms with Crippen molar-refractivity contribution in [2.45, 2.75) is 39.9 Å². The third-order valence-electron chi connectivity index (χ3n) is 5.18. The maximum atomic E-state index is 6.41. The van der Waals surface area contributed by atoms with Crippen LogP contribution in [0, 0.1) is 23.2 Å². The summed E-state index contributed by atoms with van der Waals surface area (Å²) in [6.07, 6.45) is 0. The van der Waals surface area contributed by atoms with Gasteiger partial charge in [0.25, 0.3) is 0 Å². The van der Waals surface area contributed by atoms with E-state index in [1.807, 2.05) is 0 Å². The largest absolute Gasteiger partial charge is 0.330 e. The molecule has 1 saturated carbocycles. The van der Waals surface area contributed by atoms with E-state index < -0.39 is 0 Å². The van der Waals surface area contributed by atoms with Crippen molar-refractivity contribution in [3.05, 3.63) is 0 Å². The predicted molar refractivity (Wildman–Crippen MR) is 58.8 cm³/mol. The molecule has 2 N–H and O–H groups in total. The van der Waals surface area contributed by atoms with E-state index in [2.05, 4.69) is 34.6 Å². The third kappa shape index (κ3) is 1.18. The second kappa shape index (κ2) is 3.01. The fourth-order valence-electron chi connectivity index (χ4n) is 2.98. The number of hydrogen-bond acceptors (Lipinski definition) is 1. The lowest BCUT2D eigenvalue weighted by Gasteiger charge is -2.43. The normalized spacial score (nSPS) is 56.9. The Hall–Kier alpha value is 0.0249. The van der Waals surface area contributed by atoms with E-state index in [1.165, 1.54) is 0 Å². The summed E-state index contributed by atoms with van der Waals surface area (Å²) < 4.78 is 0. The molecule has 5 atom stereocenters. The fourth-order valence-corrected chi connectivity index (χ4v) is 2.98. The Labute approximate surface area is 83.9 Å². The van der Waals surface area contributed by atoms with Crippen LogP contribution in [0.5, 0.6) is 0 Å². The van der Waals surface area contributed by atoms with Crippen LogP contribution in [0.2, 0.25) is 5.31 Å². The van der Waals surface area contributed by atoms with Crippen LogP contribution in [-0.2, 0) is 0 Å². The Kier molecular flexibility index (Phi) is 2.57. The zero-order chi connectivity index (χ0) is 10.4. The van der Waals surface area contributed by atoms with E-state index in [1.54, 1.807) is 0 Å². The number of rotatable bonds is 1. The second-order valence-electron chi connectivity index (χ2n) is 5.34. The molecule has 0 aromatic heterocycles. The third-order valence-corrected chi connectivity index (χ3v) is 5.18. The fraction of sp³-hybridized carbons (Fsp3) is 1.00. The topological polar surface area (TPSA) is 26.0 Å². The first-order valence-corrected chi connectivity index (χ1v) is 5.28. The highest BCUT2D eigenvalue weighted by atomic mass is 14.7. The van der Waals surface area contributed by atoms with E-state index >= 15 is 0 Å². The number of nitrogens with two attached hydrogens (primary N) is 1. The van der Waals surface area contributed by atoms with E-state index in [4.69, 9.17) is 13.6 Å². The molecular weight excluding hydrogens is 157 g/mol. The minimum atomic E-state index is -0.124. The molecule has 1 aliphatic carbocycles. The molecule has 0 aromatic rings. The standard InChI is InChI=1S/C11H22BN/c1-7-8(2)10(4,6-13)11(5,12)9(7)3/h7-9H,6,13H2,1-5H3. The van der Waals surface area contributed by atoms with Gasteiger partial charge in [0.05, 0.1) is 7.85 Å². The van der Waals surface area contributed by atoms with Crippen LogP contribution in [0.1, 0.15) is 34.6 Å². The molecule has 5 unspecified atom stereocenters. The monoisotopic (exact) mass is 179 g/mol. The van der Waals surface area contributed by atoms with Gasteiger partial charge in [-0.3, -0.25) is 0 Å². The predicted octanol–water partition coefficient (Wildman–Crippen LogP) is 2.22. The van der Waals surface area contributed by atoms with Crippen LogP contribution in [0.15, 0.2) is 0 Å². The van der Waals surface area contributed by atoms with E-state index in [0.717, 1.165) is 0 Å². The summed E-state index contributed by atoms with van der Waals surface area (Å²) >= 11 is 0. The molecule has 2 heteroatoms. The Morgan fingerprint density at radius 2 is 1.62 bits per heavy atom. The van der Waals surface area contributed by atoms with Gasteiger partial charge >= 0.3 is 0 Å². The van der Waals surface area contributed by atoms with Crippen molar-refractivity contribution in [3.63, 3.8) is 0 Å². The van der Waals surface area contributed by atoms with Crippen LogP contribution in [-0.4, -0.2) is 14.4 Å². The minimum Gasteiger partial charge on any atom is -0.330 e.